The van der Waals surface area contributed by atoms with E-state index in [2.05, 4.69) is 5.32 Å². The molecule has 4 nitrogen and oxygen atoms in total. The van der Waals surface area contributed by atoms with Crippen LogP contribution in [-0.2, 0) is 4.79 Å². The Morgan fingerprint density at radius 2 is 2.00 bits per heavy atom. The Morgan fingerprint density at radius 1 is 1.26 bits per heavy atom. The molecule has 0 fully saturated rings. The number of carbonyl (C=O) groups is 2. The average molecular weight is 267 g/mol. The van der Waals surface area contributed by atoms with Crippen LogP contribution in [0.15, 0.2) is 18.2 Å². The molecule has 1 amide bonds. The number of carbonyl (C=O) groups excluding carboxylic acids is 1. The fraction of sp³-hybridized carbons (Fsp3) is 0.429. The van der Waals surface area contributed by atoms with Crippen LogP contribution in [0, 0.1) is 12.7 Å². The average Bonchev–Trinajstić information content (AvgIpc) is 2.36. The summed E-state index contributed by atoms with van der Waals surface area (Å²) < 4.78 is 13.4. The third-order valence-electron chi connectivity index (χ3n) is 2.72. The van der Waals surface area contributed by atoms with E-state index < -0.39 is 17.7 Å². The molecule has 0 aliphatic carbocycles. The van der Waals surface area contributed by atoms with Crippen molar-refractivity contribution in [3.8, 4) is 0 Å². The molecule has 1 rings (SSSR count). The second-order valence-corrected chi connectivity index (χ2v) is 4.44. The van der Waals surface area contributed by atoms with Crippen molar-refractivity contribution < 1.29 is 19.1 Å². The zero-order valence-corrected chi connectivity index (χ0v) is 10.9. The molecule has 0 bridgehead atoms. The van der Waals surface area contributed by atoms with Gasteiger partial charge in [0.25, 0.3) is 5.91 Å². The number of aliphatic carboxylic acids is 1. The van der Waals surface area contributed by atoms with Crippen molar-refractivity contribution in [3.05, 3.63) is 35.1 Å². The van der Waals surface area contributed by atoms with Gasteiger partial charge in [0, 0.05) is 13.0 Å². The minimum absolute atomic E-state index is 0.0468. The van der Waals surface area contributed by atoms with Gasteiger partial charge in [-0.25, -0.2) is 4.39 Å². The van der Waals surface area contributed by atoms with E-state index in [1.54, 1.807) is 13.0 Å². The monoisotopic (exact) mass is 267 g/mol. The second-order valence-electron chi connectivity index (χ2n) is 4.44. The van der Waals surface area contributed by atoms with Crippen LogP contribution in [0.4, 0.5) is 4.39 Å². The maximum Gasteiger partial charge on any atom is 0.303 e. The van der Waals surface area contributed by atoms with Crippen LogP contribution in [0.25, 0.3) is 0 Å². The molecule has 1 aromatic carbocycles. The van der Waals surface area contributed by atoms with Gasteiger partial charge in [-0.2, -0.15) is 0 Å². The maximum atomic E-state index is 13.4. The highest BCUT2D eigenvalue weighted by atomic mass is 19.1. The Hall–Kier alpha value is -1.91. The fourth-order valence-electron chi connectivity index (χ4n) is 1.69. The Kier molecular flexibility index (Phi) is 5.99. The van der Waals surface area contributed by atoms with Gasteiger partial charge in [-0.3, -0.25) is 9.59 Å². The van der Waals surface area contributed by atoms with E-state index in [0.717, 1.165) is 12.0 Å². The van der Waals surface area contributed by atoms with Crippen molar-refractivity contribution in [1.29, 1.82) is 0 Å². The summed E-state index contributed by atoms with van der Waals surface area (Å²) in [6.07, 6.45) is 2.14. The molecule has 0 radical (unpaired) electrons. The first kappa shape index (κ1) is 15.1. The predicted molar refractivity (Wildman–Crippen MR) is 69.6 cm³/mol. The molecule has 104 valence electrons. The Labute approximate surface area is 111 Å². The smallest absolute Gasteiger partial charge is 0.303 e. The molecule has 1 aromatic rings. The zero-order valence-electron chi connectivity index (χ0n) is 10.9. The number of rotatable bonds is 7. The summed E-state index contributed by atoms with van der Waals surface area (Å²) in [6, 6.07) is 4.39. The van der Waals surface area contributed by atoms with Crippen LogP contribution in [0.1, 0.15) is 41.6 Å². The number of carboxylic acids is 1. The predicted octanol–water partition coefficient (Wildman–Crippen LogP) is 2.51. The highest BCUT2D eigenvalue weighted by molar-refractivity contribution is 5.94. The summed E-state index contributed by atoms with van der Waals surface area (Å²) in [5.41, 5.74) is 0.874. The van der Waals surface area contributed by atoms with Gasteiger partial charge in [0.2, 0.25) is 0 Å². The minimum Gasteiger partial charge on any atom is -0.481 e. The molecule has 0 aliphatic rings. The molecule has 19 heavy (non-hydrogen) atoms. The molecule has 0 saturated heterocycles. The van der Waals surface area contributed by atoms with E-state index in [9.17, 15) is 14.0 Å². The zero-order chi connectivity index (χ0) is 14.3. The first-order valence-electron chi connectivity index (χ1n) is 6.27. The van der Waals surface area contributed by atoms with Crippen molar-refractivity contribution in [2.75, 3.05) is 6.54 Å². The second kappa shape index (κ2) is 7.51. The number of benzene rings is 1. The van der Waals surface area contributed by atoms with Crippen molar-refractivity contribution in [3.63, 3.8) is 0 Å². The van der Waals surface area contributed by atoms with Gasteiger partial charge >= 0.3 is 5.97 Å². The summed E-state index contributed by atoms with van der Waals surface area (Å²) >= 11 is 0. The number of carboxylic acid groups (broad SMARTS) is 1. The SMILES string of the molecule is Cc1ccc(F)c(C(=O)NCCCCCC(=O)O)c1. The molecule has 0 spiro atoms. The van der Waals surface area contributed by atoms with Crippen molar-refractivity contribution in [2.45, 2.75) is 32.6 Å². The van der Waals surface area contributed by atoms with Gasteiger partial charge in [0.1, 0.15) is 5.82 Å². The third kappa shape index (κ3) is 5.50. The van der Waals surface area contributed by atoms with Gasteiger partial charge in [-0.1, -0.05) is 18.1 Å². The van der Waals surface area contributed by atoms with Gasteiger partial charge < -0.3 is 10.4 Å². The van der Waals surface area contributed by atoms with E-state index in [1.165, 1.54) is 12.1 Å². The summed E-state index contributed by atoms with van der Waals surface area (Å²) in [5, 5.41) is 11.1. The largest absolute Gasteiger partial charge is 0.481 e. The highest BCUT2D eigenvalue weighted by Gasteiger charge is 2.10. The van der Waals surface area contributed by atoms with Gasteiger partial charge in [-0.05, 0) is 31.9 Å². The van der Waals surface area contributed by atoms with Crippen LogP contribution in [0.2, 0.25) is 0 Å². The van der Waals surface area contributed by atoms with Gasteiger partial charge in [0.05, 0.1) is 5.56 Å². The number of nitrogens with one attached hydrogen (secondary N) is 1. The molecule has 0 saturated carbocycles. The lowest BCUT2D eigenvalue weighted by atomic mass is 10.1. The third-order valence-corrected chi connectivity index (χ3v) is 2.72. The van der Waals surface area contributed by atoms with Crippen LogP contribution in [0.3, 0.4) is 0 Å². The molecule has 0 atom stereocenters. The van der Waals surface area contributed by atoms with Crippen molar-refractivity contribution in [1.82, 2.24) is 5.32 Å². The van der Waals surface area contributed by atoms with Crippen LogP contribution in [0.5, 0.6) is 0 Å². The number of hydrogen-bond donors (Lipinski definition) is 2. The van der Waals surface area contributed by atoms with Crippen LogP contribution in [-0.4, -0.2) is 23.5 Å². The molecule has 0 unspecified atom stereocenters. The Balaban J connectivity index is 2.31. The van der Waals surface area contributed by atoms with E-state index in [1.807, 2.05) is 0 Å². The van der Waals surface area contributed by atoms with Crippen LogP contribution >= 0.6 is 0 Å². The first-order chi connectivity index (χ1) is 9.00. The molecule has 2 N–H and O–H groups in total. The van der Waals surface area contributed by atoms with Crippen molar-refractivity contribution in [2.24, 2.45) is 0 Å². The molecule has 0 heterocycles. The molecular weight excluding hydrogens is 249 g/mol. The quantitative estimate of drug-likeness (QED) is 0.746. The van der Waals surface area contributed by atoms with Gasteiger partial charge in [-0.15, -0.1) is 0 Å². The van der Waals surface area contributed by atoms with Crippen molar-refractivity contribution >= 4 is 11.9 Å². The molecule has 5 heteroatoms. The van der Waals surface area contributed by atoms with E-state index in [4.69, 9.17) is 5.11 Å². The maximum absolute atomic E-state index is 13.4. The first-order valence-corrected chi connectivity index (χ1v) is 6.27. The standard InChI is InChI=1S/C14H18FNO3/c1-10-6-7-12(15)11(9-10)14(19)16-8-4-2-3-5-13(17)18/h6-7,9H,2-5,8H2,1H3,(H,16,19)(H,17,18). The van der Waals surface area contributed by atoms with E-state index >= 15 is 0 Å². The van der Waals surface area contributed by atoms with E-state index in [0.29, 0.717) is 19.4 Å². The number of hydrogen-bond acceptors (Lipinski definition) is 2. The number of aryl methyl sites for hydroxylation is 1. The normalized spacial score (nSPS) is 10.2. The van der Waals surface area contributed by atoms with E-state index in [-0.39, 0.29) is 12.0 Å². The minimum atomic E-state index is -0.814. The highest BCUT2D eigenvalue weighted by Crippen LogP contribution is 2.09. The summed E-state index contributed by atoms with van der Waals surface area (Å²) in [5.74, 6) is -1.78. The lowest BCUT2D eigenvalue weighted by Gasteiger charge is -2.06. The summed E-state index contributed by atoms with van der Waals surface area (Å²) in [4.78, 5) is 22.0. The lowest BCUT2D eigenvalue weighted by molar-refractivity contribution is -0.137. The lowest BCUT2D eigenvalue weighted by Crippen LogP contribution is -2.25. The molecule has 0 aliphatic heterocycles. The fourth-order valence-corrected chi connectivity index (χ4v) is 1.69. The van der Waals surface area contributed by atoms with Gasteiger partial charge in [0.15, 0.2) is 0 Å². The number of unbranched alkanes of at least 4 members (excludes halogenated alkanes) is 2. The Morgan fingerprint density at radius 3 is 2.68 bits per heavy atom. The molecular formula is C14H18FNO3. The van der Waals surface area contributed by atoms with Crippen LogP contribution < -0.4 is 5.32 Å². The Bertz CT molecular complexity index is 460. The summed E-state index contributed by atoms with van der Waals surface area (Å²) in [6.45, 7) is 2.22. The number of amides is 1. The topological polar surface area (TPSA) is 66.4 Å². The number of halogens is 1. The summed E-state index contributed by atoms with van der Waals surface area (Å²) in [7, 11) is 0. The molecule has 0 aromatic heterocycles.